The lowest BCUT2D eigenvalue weighted by Crippen LogP contribution is -2.49. The summed E-state index contributed by atoms with van der Waals surface area (Å²) in [5.74, 6) is 0.565. The second-order valence-electron chi connectivity index (χ2n) is 4.88. The number of carbonyl (C=O) groups is 1. The molecule has 1 spiro atoms. The van der Waals surface area contributed by atoms with Crippen LogP contribution in [-0.4, -0.2) is 36.5 Å². The summed E-state index contributed by atoms with van der Waals surface area (Å²) in [6.07, 6.45) is 4.32. The monoisotopic (exact) mass is 196 g/mol. The SMILES string of the molecule is CC[C@H]1CC2(CCN(C)CC2)NC1=O. The number of carbonyl (C=O) groups excluding carboxylic acids is 1. The molecular formula is C11H20N2O. The van der Waals surface area contributed by atoms with E-state index < -0.39 is 0 Å². The van der Waals surface area contributed by atoms with Gasteiger partial charge in [0, 0.05) is 24.5 Å². The van der Waals surface area contributed by atoms with Crippen molar-refractivity contribution in [3.05, 3.63) is 0 Å². The van der Waals surface area contributed by atoms with Gasteiger partial charge in [-0.2, -0.15) is 0 Å². The number of nitrogens with zero attached hydrogens (tertiary/aromatic N) is 1. The summed E-state index contributed by atoms with van der Waals surface area (Å²) in [4.78, 5) is 14.0. The zero-order valence-electron chi connectivity index (χ0n) is 9.18. The fourth-order valence-corrected chi connectivity index (χ4v) is 2.68. The van der Waals surface area contributed by atoms with Gasteiger partial charge < -0.3 is 10.2 Å². The summed E-state index contributed by atoms with van der Waals surface area (Å²) in [5.41, 5.74) is 0.157. The number of hydrogen-bond donors (Lipinski definition) is 1. The Hall–Kier alpha value is -0.570. The molecule has 0 aromatic rings. The van der Waals surface area contributed by atoms with E-state index in [1.54, 1.807) is 0 Å². The van der Waals surface area contributed by atoms with Gasteiger partial charge in [0.1, 0.15) is 0 Å². The molecule has 2 aliphatic heterocycles. The number of nitrogens with one attached hydrogen (secondary N) is 1. The molecule has 0 aromatic carbocycles. The lowest BCUT2D eigenvalue weighted by molar-refractivity contribution is -0.123. The Bertz CT molecular complexity index is 231. The average Bonchev–Trinajstić information content (AvgIpc) is 2.49. The van der Waals surface area contributed by atoms with Crippen LogP contribution in [0.5, 0.6) is 0 Å². The predicted molar refractivity (Wildman–Crippen MR) is 56.0 cm³/mol. The van der Waals surface area contributed by atoms with Crippen molar-refractivity contribution in [2.75, 3.05) is 20.1 Å². The Morgan fingerprint density at radius 1 is 1.50 bits per heavy atom. The largest absolute Gasteiger partial charge is 0.350 e. The van der Waals surface area contributed by atoms with E-state index in [-0.39, 0.29) is 17.4 Å². The maximum atomic E-state index is 11.6. The van der Waals surface area contributed by atoms with Crippen molar-refractivity contribution < 1.29 is 4.79 Å². The second-order valence-corrected chi connectivity index (χ2v) is 4.88. The van der Waals surface area contributed by atoms with Gasteiger partial charge in [0.25, 0.3) is 0 Å². The van der Waals surface area contributed by atoms with Gasteiger partial charge in [-0.05, 0) is 32.7 Å². The molecule has 2 heterocycles. The van der Waals surface area contributed by atoms with Crippen LogP contribution in [0, 0.1) is 5.92 Å². The van der Waals surface area contributed by atoms with E-state index in [0.29, 0.717) is 0 Å². The summed E-state index contributed by atoms with van der Waals surface area (Å²) in [6.45, 7) is 4.35. The fourth-order valence-electron chi connectivity index (χ4n) is 2.68. The van der Waals surface area contributed by atoms with Crippen molar-refractivity contribution >= 4 is 5.91 Å². The zero-order valence-corrected chi connectivity index (χ0v) is 9.18. The molecular weight excluding hydrogens is 176 g/mol. The lowest BCUT2D eigenvalue weighted by atomic mass is 9.83. The second kappa shape index (κ2) is 3.54. The molecule has 3 heteroatoms. The van der Waals surface area contributed by atoms with Crippen molar-refractivity contribution in [3.63, 3.8) is 0 Å². The van der Waals surface area contributed by atoms with Gasteiger partial charge in [0.2, 0.25) is 5.91 Å². The van der Waals surface area contributed by atoms with Crippen LogP contribution in [0.2, 0.25) is 0 Å². The first-order valence-electron chi connectivity index (χ1n) is 5.66. The highest BCUT2D eigenvalue weighted by atomic mass is 16.2. The first-order valence-corrected chi connectivity index (χ1v) is 5.66. The molecule has 0 aliphatic carbocycles. The maximum absolute atomic E-state index is 11.6. The van der Waals surface area contributed by atoms with E-state index in [9.17, 15) is 4.79 Å². The quantitative estimate of drug-likeness (QED) is 0.678. The van der Waals surface area contributed by atoms with Crippen molar-refractivity contribution in [2.24, 2.45) is 5.92 Å². The molecule has 0 radical (unpaired) electrons. The average molecular weight is 196 g/mol. The maximum Gasteiger partial charge on any atom is 0.223 e. The van der Waals surface area contributed by atoms with Gasteiger partial charge in [-0.3, -0.25) is 4.79 Å². The number of piperidine rings is 1. The van der Waals surface area contributed by atoms with Gasteiger partial charge in [-0.1, -0.05) is 6.92 Å². The Kier molecular flexibility index (Phi) is 2.52. The zero-order chi connectivity index (χ0) is 10.2. The van der Waals surface area contributed by atoms with Crippen LogP contribution >= 0.6 is 0 Å². The lowest BCUT2D eigenvalue weighted by Gasteiger charge is -2.37. The van der Waals surface area contributed by atoms with Gasteiger partial charge >= 0.3 is 0 Å². The standard InChI is InChI=1S/C11H20N2O/c1-3-9-8-11(12-10(9)14)4-6-13(2)7-5-11/h9H,3-8H2,1-2H3,(H,12,14)/t9-/m0/s1. The van der Waals surface area contributed by atoms with Crippen LogP contribution in [0.25, 0.3) is 0 Å². The molecule has 1 atom stereocenters. The highest BCUT2D eigenvalue weighted by Gasteiger charge is 2.44. The Labute approximate surface area is 85.8 Å². The van der Waals surface area contributed by atoms with Crippen molar-refractivity contribution in [3.8, 4) is 0 Å². The molecule has 1 amide bonds. The van der Waals surface area contributed by atoms with Crippen LogP contribution in [-0.2, 0) is 4.79 Å². The summed E-state index contributed by atoms with van der Waals surface area (Å²) in [5, 5.41) is 3.23. The minimum absolute atomic E-state index is 0.157. The number of likely N-dealkylation sites (tertiary alicyclic amines) is 1. The van der Waals surface area contributed by atoms with Crippen molar-refractivity contribution in [1.29, 1.82) is 0 Å². The van der Waals surface area contributed by atoms with Crippen LogP contribution < -0.4 is 5.32 Å². The van der Waals surface area contributed by atoms with E-state index in [4.69, 9.17) is 0 Å². The molecule has 14 heavy (non-hydrogen) atoms. The minimum Gasteiger partial charge on any atom is -0.350 e. The Balaban J connectivity index is 2.02. The van der Waals surface area contributed by atoms with Crippen molar-refractivity contribution in [1.82, 2.24) is 10.2 Å². The van der Waals surface area contributed by atoms with E-state index in [0.717, 1.165) is 38.8 Å². The fraction of sp³-hybridized carbons (Fsp3) is 0.909. The predicted octanol–water partition coefficient (Wildman–Crippen LogP) is 0.997. The molecule has 0 unspecified atom stereocenters. The van der Waals surface area contributed by atoms with Crippen LogP contribution in [0.15, 0.2) is 0 Å². The molecule has 0 bridgehead atoms. The number of rotatable bonds is 1. The smallest absolute Gasteiger partial charge is 0.223 e. The molecule has 2 saturated heterocycles. The topological polar surface area (TPSA) is 32.3 Å². The third kappa shape index (κ3) is 1.65. The summed E-state index contributed by atoms with van der Waals surface area (Å²) in [6, 6.07) is 0. The molecule has 0 aromatic heterocycles. The van der Waals surface area contributed by atoms with E-state index >= 15 is 0 Å². The van der Waals surface area contributed by atoms with Crippen molar-refractivity contribution in [2.45, 2.75) is 38.1 Å². The van der Waals surface area contributed by atoms with Gasteiger partial charge in [-0.15, -0.1) is 0 Å². The molecule has 80 valence electrons. The first-order chi connectivity index (χ1) is 6.65. The Morgan fingerprint density at radius 3 is 2.64 bits per heavy atom. The normalized spacial score (nSPS) is 32.1. The first kappa shape index (κ1) is 9.97. The number of amides is 1. The summed E-state index contributed by atoms with van der Waals surface area (Å²) in [7, 11) is 2.15. The highest BCUT2D eigenvalue weighted by molar-refractivity contribution is 5.82. The van der Waals surface area contributed by atoms with Crippen LogP contribution in [0.3, 0.4) is 0 Å². The van der Waals surface area contributed by atoms with Gasteiger partial charge in [0.05, 0.1) is 0 Å². The third-order valence-corrected chi connectivity index (χ3v) is 3.83. The van der Waals surface area contributed by atoms with E-state index in [1.165, 1.54) is 0 Å². The molecule has 1 N–H and O–H groups in total. The molecule has 0 saturated carbocycles. The minimum atomic E-state index is 0.157. The van der Waals surface area contributed by atoms with E-state index in [1.807, 2.05) is 0 Å². The van der Waals surface area contributed by atoms with Crippen LogP contribution in [0.4, 0.5) is 0 Å². The molecule has 2 fully saturated rings. The number of hydrogen-bond acceptors (Lipinski definition) is 2. The molecule has 2 rings (SSSR count). The summed E-state index contributed by atoms with van der Waals surface area (Å²) < 4.78 is 0. The Morgan fingerprint density at radius 2 is 2.14 bits per heavy atom. The highest BCUT2D eigenvalue weighted by Crippen LogP contribution is 2.35. The third-order valence-electron chi connectivity index (χ3n) is 3.83. The van der Waals surface area contributed by atoms with Gasteiger partial charge in [0.15, 0.2) is 0 Å². The van der Waals surface area contributed by atoms with E-state index in [2.05, 4.69) is 24.2 Å². The molecule has 2 aliphatic rings. The van der Waals surface area contributed by atoms with Gasteiger partial charge in [-0.25, -0.2) is 0 Å². The molecule has 3 nitrogen and oxygen atoms in total. The summed E-state index contributed by atoms with van der Waals surface area (Å²) >= 11 is 0. The van der Waals surface area contributed by atoms with Crippen LogP contribution in [0.1, 0.15) is 32.6 Å².